The Morgan fingerprint density at radius 2 is 2.24 bits per heavy atom. The molecule has 0 bridgehead atoms. The van der Waals surface area contributed by atoms with E-state index in [4.69, 9.17) is 4.74 Å². The van der Waals surface area contributed by atoms with Crippen LogP contribution in [-0.2, 0) is 4.74 Å². The van der Waals surface area contributed by atoms with E-state index in [0.29, 0.717) is 5.69 Å². The van der Waals surface area contributed by atoms with Gasteiger partial charge in [0.1, 0.15) is 5.69 Å². The van der Waals surface area contributed by atoms with E-state index in [1.165, 1.54) is 5.57 Å². The average molecular weight is 233 g/mol. The Labute approximate surface area is 103 Å². The summed E-state index contributed by atoms with van der Waals surface area (Å²) in [4.78, 5) is 15.6. The van der Waals surface area contributed by atoms with Gasteiger partial charge in [0.15, 0.2) is 0 Å². The standard InChI is InChI=1S/C14H19NO2/c1-11(2)7-6-8-12(3)17-14(16)13-9-4-5-10-15-13/h4-5,7,9-10,12H,6,8H2,1-3H3. The molecule has 3 nitrogen and oxygen atoms in total. The van der Waals surface area contributed by atoms with Gasteiger partial charge in [-0.05, 0) is 45.7 Å². The second-order valence-electron chi connectivity index (χ2n) is 4.29. The van der Waals surface area contributed by atoms with Crippen molar-refractivity contribution < 1.29 is 9.53 Å². The molecule has 0 aliphatic rings. The Bertz CT molecular complexity index is 380. The minimum Gasteiger partial charge on any atom is -0.458 e. The number of allylic oxidation sites excluding steroid dienone is 2. The van der Waals surface area contributed by atoms with Crippen LogP contribution in [0.2, 0.25) is 0 Å². The number of carbonyl (C=O) groups is 1. The van der Waals surface area contributed by atoms with Crippen LogP contribution in [0.15, 0.2) is 36.0 Å². The van der Waals surface area contributed by atoms with Crippen molar-refractivity contribution in [2.75, 3.05) is 0 Å². The first-order valence-electron chi connectivity index (χ1n) is 5.85. The molecule has 3 heteroatoms. The molecule has 1 heterocycles. The first-order valence-corrected chi connectivity index (χ1v) is 5.85. The Balaban J connectivity index is 2.39. The van der Waals surface area contributed by atoms with E-state index < -0.39 is 0 Å². The first kappa shape index (κ1) is 13.4. The third kappa shape index (κ3) is 5.29. The highest BCUT2D eigenvalue weighted by Gasteiger charge is 2.11. The summed E-state index contributed by atoms with van der Waals surface area (Å²) in [5.41, 5.74) is 1.65. The van der Waals surface area contributed by atoms with Gasteiger partial charge in [-0.3, -0.25) is 0 Å². The smallest absolute Gasteiger partial charge is 0.357 e. The molecule has 0 amide bonds. The van der Waals surface area contributed by atoms with Gasteiger partial charge < -0.3 is 4.74 Å². The maximum Gasteiger partial charge on any atom is 0.357 e. The first-order chi connectivity index (χ1) is 8.09. The van der Waals surface area contributed by atoms with Crippen LogP contribution in [0, 0.1) is 0 Å². The largest absolute Gasteiger partial charge is 0.458 e. The van der Waals surface area contributed by atoms with Gasteiger partial charge >= 0.3 is 5.97 Å². The quantitative estimate of drug-likeness (QED) is 0.578. The van der Waals surface area contributed by atoms with E-state index in [9.17, 15) is 4.79 Å². The number of esters is 1. The normalized spacial score (nSPS) is 11.7. The molecule has 0 N–H and O–H groups in total. The SMILES string of the molecule is CC(C)=CCCC(C)OC(=O)c1ccccn1. The van der Waals surface area contributed by atoms with Crippen LogP contribution in [0.5, 0.6) is 0 Å². The molecule has 92 valence electrons. The maximum absolute atomic E-state index is 11.7. The molecule has 1 rings (SSSR count). The Hall–Kier alpha value is -1.64. The van der Waals surface area contributed by atoms with Crippen molar-refractivity contribution in [3.05, 3.63) is 41.7 Å². The van der Waals surface area contributed by atoms with Crippen LogP contribution in [0.4, 0.5) is 0 Å². The van der Waals surface area contributed by atoms with Gasteiger partial charge in [-0.25, -0.2) is 9.78 Å². The summed E-state index contributed by atoms with van der Waals surface area (Å²) in [6.07, 6.45) is 5.42. The summed E-state index contributed by atoms with van der Waals surface area (Å²) in [7, 11) is 0. The van der Waals surface area contributed by atoms with Crippen molar-refractivity contribution in [2.45, 2.75) is 39.7 Å². The van der Waals surface area contributed by atoms with Crippen LogP contribution in [0.1, 0.15) is 44.1 Å². The average Bonchev–Trinajstić information content (AvgIpc) is 2.29. The maximum atomic E-state index is 11.7. The zero-order valence-electron chi connectivity index (χ0n) is 10.6. The predicted octanol–water partition coefficient (Wildman–Crippen LogP) is 3.37. The number of nitrogens with zero attached hydrogens (tertiary/aromatic N) is 1. The number of hydrogen-bond acceptors (Lipinski definition) is 3. The van der Waals surface area contributed by atoms with Crippen LogP contribution in [0.3, 0.4) is 0 Å². The number of hydrogen-bond donors (Lipinski definition) is 0. The predicted molar refractivity (Wildman–Crippen MR) is 67.8 cm³/mol. The fourth-order valence-electron chi connectivity index (χ4n) is 1.39. The van der Waals surface area contributed by atoms with Gasteiger partial charge in [-0.1, -0.05) is 17.7 Å². The van der Waals surface area contributed by atoms with Gasteiger partial charge in [-0.15, -0.1) is 0 Å². The molecule has 0 fully saturated rings. The lowest BCUT2D eigenvalue weighted by molar-refractivity contribution is 0.0320. The monoisotopic (exact) mass is 233 g/mol. The van der Waals surface area contributed by atoms with Crippen molar-refractivity contribution in [2.24, 2.45) is 0 Å². The topological polar surface area (TPSA) is 39.2 Å². The zero-order valence-corrected chi connectivity index (χ0v) is 10.6. The van der Waals surface area contributed by atoms with Gasteiger partial charge in [0, 0.05) is 6.20 Å². The minimum atomic E-state index is -0.352. The van der Waals surface area contributed by atoms with Crippen molar-refractivity contribution in [1.29, 1.82) is 0 Å². The molecule has 1 atom stereocenters. The summed E-state index contributed by atoms with van der Waals surface area (Å²) < 4.78 is 5.29. The van der Waals surface area contributed by atoms with Gasteiger partial charge in [0.2, 0.25) is 0 Å². The molecule has 1 aromatic rings. The van der Waals surface area contributed by atoms with E-state index in [1.54, 1.807) is 24.4 Å². The lowest BCUT2D eigenvalue weighted by atomic mass is 10.2. The second kappa shape index (κ2) is 6.84. The van der Waals surface area contributed by atoms with Crippen LogP contribution in [-0.4, -0.2) is 17.1 Å². The molecule has 0 saturated heterocycles. The molecule has 1 aromatic heterocycles. The van der Waals surface area contributed by atoms with Crippen LogP contribution >= 0.6 is 0 Å². The molecule has 1 unspecified atom stereocenters. The zero-order chi connectivity index (χ0) is 12.7. The number of ether oxygens (including phenoxy) is 1. The summed E-state index contributed by atoms with van der Waals surface area (Å²) in [6.45, 7) is 6.02. The molecule has 0 aliphatic heterocycles. The van der Waals surface area contributed by atoms with Crippen molar-refractivity contribution in [3.8, 4) is 0 Å². The Morgan fingerprint density at radius 3 is 2.82 bits per heavy atom. The van der Waals surface area contributed by atoms with Crippen LogP contribution in [0.25, 0.3) is 0 Å². The lowest BCUT2D eigenvalue weighted by Crippen LogP contribution is -2.15. The highest BCUT2D eigenvalue weighted by Crippen LogP contribution is 2.07. The third-order valence-corrected chi connectivity index (χ3v) is 2.31. The van der Waals surface area contributed by atoms with E-state index in [0.717, 1.165) is 12.8 Å². The molecular formula is C14H19NO2. The molecule has 0 spiro atoms. The molecular weight excluding hydrogens is 214 g/mol. The fourth-order valence-corrected chi connectivity index (χ4v) is 1.39. The van der Waals surface area contributed by atoms with Crippen molar-refractivity contribution >= 4 is 5.97 Å². The summed E-state index contributed by atoms with van der Waals surface area (Å²) in [5.74, 6) is -0.352. The summed E-state index contributed by atoms with van der Waals surface area (Å²) in [5, 5.41) is 0. The number of rotatable bonds is 5. The second-order valence-corrected chi connectivity index (χ2v) is 4.29. The van der Waals surface area contributed by atoms with E-state index in [2.05, 4.69) is 24.9 Å². The highest BCUT2D eigenvalue weighted by atomic mass is 16.5. The number of pyridine rings is 1. The highest BCUT2D eigenvalue weighted by molar-refractivity contribution is 5.87. The summed E-state index contributed by atoms with van der Waals surface area (Å²) in [6, 6.07) is 5.21. The van der Waals surface area contributed by atoms with E-state index in [-0.39, 0.29) is 12.1 Å². The molecule has 0 saturated carbocycles. The number of aromatic nitrogens is 1. The summed E-state index contributed by atoms with van der Waals surface area (Å²) >= 11 is 0. The molecule has 17 heavy (non-hydrogen) atoms. The van der Waals surface area contributed by atoms with Gasteiger partial charge in [-0.2, -0.15) is 0 Å². The van der Waals surface area contributed by atoms with Crippen LogP contribution < -0.4 is 0 Å². The molecule has 0 radical (unpaired) electrons. The third-order valence-electron chi connectivity index (χ3n) is 2.31. The van der Waals surface area contributed by atoms with Gasteiger partial charge in [0.25, 0.3) is 0 Å². The van der Waals surface area contributed by atoms with Crippen molar-refractivity contribution in [1.82, 2.24) is 4.98 Å². The van der Waals surface area contributed by atoms with Gasteiger partial charge in [0.05, 0.1) is 6.10 Å². The van der Waals surface area contributed by atoms with Crippen molar-refractivity contribution in [3.63, 3.8) is 0 Å². The fraction of sp³-hybridized carbons (Fsp3) is 0.429. The molecule has 0 aromatic carbocycles. The lowest BCUT2D eigenvalue weighted by Gasteiger charge is -2.11. The van der Waals surface area contributed by atoms with E-state index in [1.807, 2.05) is 6.92 Å². The number of carbonyl (C=O) groups excluding carboxylic acids is 1. The Morgan fingerprint density at radius 1 is 1.47 bits per heavy atom. The van der Waals surface area contributed by atoms with E-state index >= 15 is 0 Å². The Kier molecular flexibility index (Phi) is 5.40. The minimum absolute atomic E-state index is 0.0832. The molecule has 0 aliphatic carbocycles.